The van der Waals surface area contributed by atoms with E-state index in [1.807, 2.05) is 32.0 Å². The van der Waals surface area contributed by atoms with E-state index in [0.29, 0.717) is 12.0 Å². The van der Waals surface area contributed by atoms with E-state index in [0.717, 1.165) is 22.8 Å². The minimum atomic E-state index is -4.41. The van der Waals surface area contributed by atoms with Gasteiger partial charge in [0.1, 0.15) is 10.1 Å². The second kappa shape index (κ2) is 6.37. The Balaban J connectivity index is 0.00000180. The quantitative estimate of drug-likeness (QED) is 0.583. The Morgan fingerprint density at radius 2 is 1.74 bits per heavy atom. The van der Waals surface area contributed by atoms with Gasteiger partial charge in [0.15, 0.2) is 0 Å². The molecule has 96 valence electrons. The number of rotatable bonds is 3. The molecule has 3 nitrogen and oxygen atoms in total. The molecule has 19 heavy (non-hydrogen) atoms. The number of aryl methyl sites for hydroxylation is 2. The first-order valence-corrected chi connectivity index (χ1v) is 7.39. The third kappa shape index (κ3) is 3.20. The molecule has 0 saturated carbocycles. The fourth-order valence-corrected chi connectivity index (χ4v) is 3.18. The van der Waals surface area contributed by atoms with Crippen molar-refractivity contribution in [3.63, 3.8) is 0 Å². The van der Waals surface area contributed by atoms with Crippen molar-refractivity contribution in [3.8, 4) is 0 Å². The molecule has 2 rings (SSSR count). The number of fused-ring (bicyclic) bond motifs is 1. The van der Waals surface area contributed by atoms with E-state index < -0.39 is 10.1 Å². The second-order valence-corrected chi connectivity index (χ2v) is 5.57. The van der Waals surface area contributed by atoms with Gasteiger partial charge in [-0.25, -0.2) is 8.42 Å². The van der Waals surface area contributed by atoms with Gasteiger partial charge in [0.2, 0.25) is 0 Å². The molecule has 0 radical (unpaired) electrons. The Morgan fingerprint density at radius 1 is 1.05 bits per heavy atom. The summed E-state index contributed by atoms with van der Waals surface area (Å²) in [5, 5.41) is 1.90. The normalized spacial score (nSPS) is 11.3. The van der Waals surface area contributed by atoms with Gasteiger partial charge in [-0.2, -0.15) is 0 Å². The van der Waals surface area contributed by atoms with Crippen molar-refractivity contribution in [1.29, 1.82) is 0 Å². The first-order valence-electron chi connectivity index (χ1n) is 5.98. The SMILES string of the molecule is CCc1cccc2ccc(S(=O)(=O)[O-])c(CC)c12.[Na+]. The van der Waals surface area contributed by atoms with Crippen LogP contribution in [0.15, 0.2) is 35.2 Å². The summed E-state index contributed by atoms with van der Waals surface area (Å²) >= 11 is 0. The zero-order valence-corrected chi connectivity index (χ0v) is 14.3. The van der Waals surface area contributed by atoms with Crippen LogP contribution in [0.3, 0.4) is 0 Å². The zero-order chi connectivity index (χ0) is 13.3. The fourth-order valence-electron chi connectivity index (χ4n) is 2.40. The van der Waals surface area contributed by atoms with Gasteiger partial charge in [-0.15, -0.1) is 0 Å². The Hall–Kier alpha value is -0.390. The molecule has 0 unspecified atom stereocenters. The van der Waals surface area contributed by atoms with Gasteiger partial charge in [0, 0.05) is 0 Å². The van der Waals surface area contributed by atoms with Crippen LogP contribution in [-0.2, 0) is 23.0 Å². The van der Waals surface area contributed by atoms with E-state index in [-0.39, 0.29) is 34.5 Å². The van der Waals surface area contributed by atoms with Gasteiger partial charge in [-0.1, -0.05) is 38.1 Å². The summed E-state index contributed by atoms with van der Waals surface area (Å²) in [6, 6.07) is 8.99. The van der Waals surface area contributed by atoms with E-state index >= 15 is 0 Å². The molecular weight excluding hydrogens is 271 g/mol. The van der Waals surface area contributed by atoms with Crippen molar-refractivity contribution in [2.24, 2.45) is 0 Å². The third-order valence-corrected chi connectivity index (χ3v) is 4.12. The smallest absolute Gasteiger partial charge is 0.744 e. The largest absolute Gasteiger partial charge is 1.00 e. The molecule has 0 spiro atoms. The van der Waals surface area contributed by atoms with Crippen LogP contribution in [-0.4, -0.2) is 13.0 Å². The molecule has 2 aromatic carbocycles. The average molecular weight is 286 g/mol. The minimum Gasteiger partial charge on any atom is -0.744 e. The van der Waals surface area contributed by atoms with Crippen molar-refractivity contribution in [3.05, 3.63) is 41.5 Å². The summed E-state index contributed by atoms with van der Waals surface area (Å²) in [7, 11) is -4.41. The van der Waals surface area contributed by atoms with Crippen LogP contribution in [0.2, 0.25) is 0 Å². The summed E-state index contributed by atoms with van der Waals surface area (Å²) < 4.78 is 33.9. The first kappa shape index (κ1) is 16.7. The fraction of sp³-hybridized carbons (Fsp3) is 0.286. The van der Waals surface area contributed by atoms with Gasteiger partial charge >= 0.3 is 29.6 Å². The summed E-state index contributed by atoms with van der Waals surface area (Å²) in [5.41, 5.74) is 1.72. The molecule has 0 aliphatic heterocycles. The molecule has 0 N–H and O–H groups in total. The van der Waals surface area contributed by atoms with E-state index in [4.69, 9.17) is 0 Å². The topological polar surface area (TPSA) is 57.2 Å². The molecule has 5 heteroatoms. The standard InChI is InChI=1S/C14H16O3S.Na/c1-3-10-6-5-7-11-8-9-13(18(15,16)17)12(4-2)14(10)11;/h5-9H,3-4H2,1-2H3,(H,15,16,17);/q;+1/p-1. The van der Waals surface area contributed by atoms with Crippen molar-refractivity contribution in [1.82, 2.24) is 0 Å². The van der Waals surface area contributed by atoms with Crippen LogP contribution in [0.5, 0.6) is 0 Å². The minimum absolute atomic E-state index is 0. The van der Waals surface area contributed by atoms with E-state index in [1.165, 1.54) is 6.07 Å². The first-order chi connectivity index (χ1) is 8.49. The van der Waals surface area contributed by atoms with E-state index in [2.05, 4.69) is 0 Å². The van der Waals surface area contributed by atoms with Crippen LogP contribution >= 0.6 is 0 Å². The Labute approximate surface area is 136 Å². The molecule has 0 saturated heterocycles. The van der Waals surface area contributed by atoms with Crippen molar-refractivity contribution in [2.45, 2.75) is 31.6 Å². The molecule has 0 atom stereocenters. The molecule has 0 amide bonds. The number of hydrogen-bond donors (Lipinski definition) is 0. The van der Waals surface area contributed by atoms with Crippen LogP contribution in [0.4, 0.5) is 0 Å². The molecule has 0 aliphatic carbocycles. The van der Waals surface area contributed by atoms with Gasteiger partial charge in [0.05, 0.1) is 4.90 Å². The summed E-state index contributed by atoms with van der Waals surface area (Å²) in [6.45, 7) is 3.89. The van der Waals surface area contributed by atoms with Crippen molar-refractivity contribution < 1.29 is 42.5 Å². The Morgan fingerprint density at radius 3 is 2.26 bits per heavy atom. The predicted octanol–water partition coefficient (Wildman–Crippen LogP) is -0.127. The van der Waals surface area contributed by atoms with E-state index in [9.17, 15) is 13.0 Å². The Bertz CT molecular complexity index is 693. The van der Waals surface area contributed by atoms with E-state index in [1.54, 1.807) is 6.07 Å². The third-order valence-electron chi connectivity index (χ3n) is 3.20. The predicted molar refractivity (Wildman–Crippen MR) is 70.7 cm³/mol. The van der Waals surface area contributed by atoms with Crippen LogP contribution in [0.25, 0.3) is 10.8 Å². The number of benzene rings is 2. The molecule has 2 aromatic rings. The average Bonchev–Trinajstić information content (AvgIpc) is 2.35. The monoisotopic (exact) mass is 286 g/mol. The second-order valence-electron chi connectivity index (χ2n) is 4.22. The van der Waals surface area contributed by atoms with Crippen molar-refractivity contribution >= 4 is 20.9 Å². The van der Waals surface area contributed by atoms with Crippen LogP contribution in [0.1, 0.15) is 25.0 Å². The van der Waals surface area contributed by atoms with Gasteiger partial charge in [-0.3, -0.25) is 0 Å². The summed E-state index contributed by atoms with van der Waals surface area (Å²) in [6.07, 6.45) is 1.35. The van der Waals surface area contributed by atoms with Gasteiger partial charge in [-0.05, 0) is 40.8 Å². The van der Waals surface area contributed by atoms with Crippen LogP contribution in [0, 0.1) is 0 Å². The molecule has 0 heterocycles. The zero-order valence-electron chi connectivity index (χ0n) is 11.4. The van der Waals surface area contributed by atoms with Crippen molar-refractivity contribution in [2.75, 3.05) is 0 Å². The number of hydrogen-bond acceptors (Lipinski definition) is 3. The van der Waals surface area contributed by atoms with Gasteiger partial charge < -0.3 is 4.55 Å². The molecule has 0 aromatic heterocycles. The maximum atomic E-state index is 11.3. The maximum Gasteiger partial charge on any atom is 1.00 e. The van der Waals surface area contributed by atoms with Crippen LogP contribution < -0.4 is 29.6 Å². The summed E-state index contributed by atoms with van der Waals surface area (Å²) in [5.74, 6) is 0. The maximum absolute atomic E-state index is 11.3. The van der Waals surface area contributed by atoms with Gasteiger partial charge in [0.25, 0.3) is 0 Å². The summed E-state index contributed by atoms with van der Waals surface area (Å²) in [4.78, 5) is -0.0848. The molecular formula is C14H15NaO3S. The Kier molecular flexibility index (Phi) is 5.59. The molecule has 0 aliphatic rings. The molecule has 0 bridgehead atoms. The molecule has 0 fully saturated rings.